The number of ether oxygens (including phenoxy) is 2. The molecule has 3 aliphatic heterocycles. The summed E-state index contributed by atoms with van der Waals surface area (Å²) < 4.78 is 80.7. The first kappa shape index (κ1) is 30.7. The number of aromatic nitrogens is 8. The standard InChI is InChI=1S/C20H21BF2N10O9P2S/c21-43(35)37-1-6-13(9(23)18(39-6)32-4-28-10-14(24)26-3-27-15(10)32)42-44(36,45)38-2-7-12(41-43)8(22)19(40-7)33-5-29-11-16(33)30-20(25)31-17(11)34/h3-9,12-13,18-19H,1-2H2,(H,36,45)(H2,24,26,27)(H3,25,30,31,34)/t6-,7-,8+,9+,12?,13?,18-,19-,43-,44?/m1/s1. The lowest BCUT2D eigenvalue weighted by Gasteiger charge is -2.29. The third kappa shape index (κ3) is 5.45. The molecule has 10 atom stereocenters. The summed E-state index contributed by atoms with van der Waals surface area (Å²) in [6.07, 6.45) is -9.99. The number of H-pyrrole nitrogens is 1. The summed E-state index contributed by atoms with van der Waals surface area (Å²) in [5.74, 6) is -0.235. The first-order valence-electron chi connectivity index (χ1n) is 12.9. The summed E-state index contributed by atoms with van der Waals surface area (Å²) in [4.78, 5) is 45.3. The minimum atomic E-state index is -4.62. The average Bonchev–Trinajstić information content (AvgIpc) is 3.72. The van der Waals surface area contributed by atoms with E-state index in [9.17, 15) is 14.3 Å². The molecule has 4 aromatic heterocycles. The van der Waals surface area contributed by atoms with Gasteiger partial charge < -0.3 is 39.4 Å². The van der Waals surface area contributed by atoms with Gasteiger partial charge in [0.05, 0.1) is 25.9 Å². The molecular weight excluding hydrogens is 667 g/mol. The minimum Gasteiger partial charge on any atom is -0.382 e. The van der Waals surface area contributed by atoms with Gasteiger partial charge in [-0.1, -0.05) is 0 Å². The Hall–Kier alpha value is -2.98. The van der Waals surface area contributed by atoms with Crippen molar-refractivity contribution in [3.8, 4) is 0 Å². The van der Waals surface area contributed by atoms with Crippen LogP contribution in [-0.2, 0) is 43.9 Å². The van der Waals surface area contributed by atoms with Crippen LogP contribution in [0.15, 0.2) is 23.8 Å². The molecule has 25 heteroatoms. The summed E-state index contributed by atoms with van der Waals surface area (Å²) >= 11 is 5.13. The van der Waals surface area contributed by atoms with Crippen molar-refractivity contribution in [2.75, 3.05) is 24.7 Å². The highest BCUT2D eigenvalue weighted by atomic mass is 32.5. The molecule has 19 nitrogen and oxygen atoms in total. The van der Waals surface area contributed by atoms with E-state index in [-0.39, 0.29) is 34.1 Å². The van der Waals surface area contributed by atoms with E-state index < -0.39 is 82.2 Å². The average molecular weight is 688 g/mol. The van der Waals surface area contributed by atoms with E-state index in [1.54, 1.807) is 0 Å². The second-order valence-corrected chi connectivity index (χ2v) is 14.5. The fourth-order valence-electron chi connectivity index (χ4n) is 5.27. The highest BCUT2D eigenvalue weighted by Crippen LogP contribution is 2.54. The topological polar surface area (TPSA) is 252 Å². The zero-order chi connectivity index (χ0) is 31.8. The molecule has 238 valence electrons. The monoisotopic (exact) mass is 688 g/mol. The second-order valence-electron chi connectivity index (χ2n) is 10.1. The van der Waals surface area contributed by atoms with Crippen LogP contribution in [0.5, 0.6) is 0 Å². The predicted octanol–water partition coefficient (Wildman–Crippen LogP) is -0.0945. The number of imidazole rings is 2. The number of rotatable bonds is 2. The minimum absolute atomic E-state index is 0.0372. The number of nitrogens with zero attached hydrogens (tertiary/aromatic N) is 7. The number of nitrogens with one attached hydrogen (secondary N) is 1. The first-order valence-corrected chi connectivity index (χ1v) is 17.1. The molecule has 0 aromatic carbocycles. The van der Waals surface area contributed by atoms with E-state index in [0.717, 1.165) is 17.2 Å². The van der Waals surface area contributed by atoms with Gasteiger partial charge in [0.25, 0.3) is 13.0 Å². The SMILES string of the molecule is [B][P@@]1(=O)OC[C@H]2O[C@@H](n3cnc4c(N)ncnc43)[C@@H](F)C2OP(O)(=S)OC[C@H]2O[C@@H](n3cnc4c(=O)[nH]c(N)nc43)[C@@H](F)C2O1. The molecule has 3 aliphatic rings. The fraction of sp³-hybridized carbons (Fsp3) is 0.500. The van der Waals surface area contributed by atoms with E-state index in [1.165, 1.54) is 10.9 Å². The third-order valence-electron chi connectivity index (χ3n) is 7.26. The van der Waals surface area contributed by atoms with Crippen molar-refractivity contribution in [3.63, 3.8) is 0 Å². The first-order chi connectivity index (χ1) is 21.3. The van der Waals surface area contributed by atoms with Gasteiger partial charge in [0.1, 0.15) is 36.3 Å². The van der Waals surface area contributed by atoms with Crippen LogP contribution in [0.1, 0.15) is 12.5 Å². The molecule has 0 saturated carbocycles. The van der Waals surface area contributed by atoms with Crippen molar-refractivity contribution in [3.05, 3.63) is 29.3 Å². The molecule has 7 rings (SSSR count). The number of halogens is 2. The van der Waals surface area contributed by atoms with Gasteiger partial charge in [-0.25, -0.2) is 28.7 Å². The highest BCUT2D eigenvalue weighted by molar-refractivity contribution is 8.07. The quantitative estimate of drug-likeness (QED) is 0.159. The van der Waals surface area contributed by atoms with Crippen molar-refractivity contribution < 1.29 is 45.8 Å². The number of nitrogens with two attached hydrogens (primary N) is 2. The molecule has 0 bridgehead atoms. The maximum absolute atomic E-state index is 16.0. The number of alkyl halides is 2. The van der Waals surface area contributed by atoms with E-state index in [0.29, 0.717) is 0 Å². The van der Waals surface area contributed by atoms with Crippen LogP contribution in [0, 0.1) is 0 Å². The van der Waals surface area contributed by atoms with Crippen LogP contribution < -0.4 is 17.0 Å². The molecule has 4 aromatic rings. The number of hydrogen-bond donors (Lipinski definition) is 4. The molecule has 7 heterocycles. The van der Waals surface area contributed by atoms with Crippen LogP contribution in [0.3, 0.4) is 0 Å². The lowest BCUT2D eigenvalue weighted by Crippen LogP contribution is -2.37. The zero-order valence-corrected chi connectivity index (χ0v) is 25.0. The largest absolute Gasteiger partial charge is 0.382 e. The molecule has 0 aliphatic carbocycles. The van der Waals surface area contributed by atoms with Crippen LogP contribution in [0.25, 0.3) is 22.3 Å². The number of hydrogen-bond acceptors (Lipinski definition) is 16. The smallest absolute Gasteiger partial charge is 0.325 e. The summed E-state index contributed by atoms with van der Waals surface area (Å²) in [6.45, 7) is -5.72. The van der Waals surface area contributed by atoms with Crippen LogP contribution in [0.2, 0.25) is 0 Å². The lowest BCUT2D eigenvalue weighted by atomic mass is 10.1. The van der Waals surface area contributed by atoms with Crippen molar-refractivity contribution >= 4 is 67.7 Å². The number of anilines is 2. The van der Waals surface area contributed by atoms with Crippen molar-refractivity contribution in [2.24, 2.45) is 0 Å². The van der Waals surface area contributed by atoms with Crippen LogP contribution >= 0.6 is 14.2 Å². The molecule has 3 saturated heterocycles. The van der Waals surface area contributed by atoms with E-state index in [2.05, 4.69) is 29.9 Å². The van der Waals surface area contributed by atoms with Crippen molar-refractivity contribution in [1.82, 2.24) is 39.0 Å². The van der Waals surface area contributed by atoms with Gasteiger partial charge in [0, 0.05) is 0 Å². The Morgan fingerprint density at radius 3 is 2.24 bits per heavy atom. The summed E-state index contributed by atoms with van der Waals surface area (Å²) in [5.41, 5.74) is 10.8. The number of aromatic amines is 1. The molecule has 2 radical (unpaired) electrons. The van der Waals surface area contributed by atoms with E-state index >= 15 is 8.78 Å². The zero-order valence-electron chi connectivity index (χ0n) is 22.4. The third-order valence-corrected chi connectivity index (χ3v) is 9.87. The van der Waals surface area contributed by atoms with Gasteiger partial charge >= 0.3 is 6.72 Å². The van der Waals surface area contributed by atoms with Gasteiger partial charge in [0.2, 0.25) is 13.5 Å². The lowest BCUT2D eigenvalue weighted by molar-refractivity contribution is -0.0566. The van der Waals surface area contributed by atoms with Crippen LogP contribution in [-0.4, -0.2) is 101 Å². The normalized spacial score (nSPS) is 37.7. The molecule has 45 heavy (non-hydrogen) atoms. The van der Waals surface area contributed by atoms with E-state index in [4.69, 9.17) is 58.4 Å². The summed E-state index contributed by atoms with van der Waals surface area (Å²) in [6, 6.07) is 0. The molecule has 6 N–H and O–H groups in total. The number of nitrogen functional groups attached to an aromatic ring is 2. The Labute approximate surface area is 255 Å². The van der Waals surface area contributed by atoms with Gasteiger partial charge in [-0.2, -0.15) is 4.98 Å². The second kappa shape index (κ2) is 11.1. The Kier molecular flexibility index (Phi) is 7.55. The molecule has 0 spiro atoms. The van der Waals surface area contributed by atoms with Gasteiger partial charge in [-0.05, 0) is 11.8 Å². The molecular formula is C20H21BF2N10O9P2S. The van der Waals surface area contributed by atoms with E-state index in [1.807, 2.05) is 0 Å². The summed E-state index contributed by atoms with van der Waals surface area (Å²) in [5, 5.41) is 0. The Morgan fingerprint density at radius 1 is 0.956 bits per heavy atom. The fourth-order valence-corrected chi connectivity index (χ4v) is 7.71. The van der Waals surface area contributed by atoms with Crippen LogP contribution in [0.4, 0.5) is 20.5 Å². The maximum atomic E-state index is 16.0. The van der Waals surface area contributed by atoms with Crippen molar-refractivity contribution in [2.45, 2.75) is 49.2 Å². The maximum Gasteiger partial charge on any atom is 0.325 e. The Bertz CT molecular complexity index is 1950. The molecule has 3 unspecified atom stereocenters. The highest BCUT2D eigenvalue weighted by Gasteiger charge is 2.53. The molecule has 0 amide bonds. The predicted molar refractivity (Wildman–Crippen MR) is 151 cm³/mol. The van der Waals surface area contributed by atoms with Gasteiger partial charge in [-0.3, -0.25) is 28.0 Å². The Balaban J connectivity index is 1.17. The van der Waals surface area contributed by atoms with Crippen molar-refractivity contribution in [1.29, 1.82) is 0 Å². The van der Waals surface area contributed by atoms with Gasteiger partial charge in [0.15, 0.2) is 47.4 Å². The Morgan fingerprint density at radius 2 is 1.56 bits per heavy atom. The van der Waals surface area contributed by atoms with Gasteiger partial charge in [-0.15, -0.1) is 0 Å². The summed E-state index contributed by atoms with van der Waals surface area (Å²) in [7, 11) is 1.19. The molecule has 3 fully saturated rings. The number of fused-ring (bicyclic) bond motifs is 4.